The Balaban J connectivity index is 2.46. The van der Waals surface area contributed by atoms with E-state index in [4.69, 9.17) is 4.74 Å². The van der Waals surface area contributed by atoms with Crippen LogP contribution in [0.5, 0.6) is 0 Å². The number of hydrogen-bond acceptors (Lipinski definition) is 3. The Bertz CT molecular complexity index is 334. The van der Waals surface area contributed by atoms with Gasteiger partial charge in [-0.25, -0.2) is 9.59 Å². The highest BCUT2D eigenvalue weighted by molar-refractivity contribution is 5.75. The number of rotatable bonds is 3. The molecule has 0 atom stereocenters. The second kappa shape index (κ2) is 5.04. The Labute approximate surface area is 108 Å². The van der Waals surface area contributed by atoms with Gasteiger partial charge >= 0.3 is 12.1 Å². The number of hydrogen-bond donors (Lipinski definition) is 2. The summed E-state index contributed by atoms with van der Waals surface area (Å²) in [6.07, 6.45) is -0.321. The number of nitrogens with one attached hydrogen (secondary N) is 2. The van der Waals surface area contributed by atoms with E-state index in [1.807, 2.05) is 34.6 Å². The Hall–Kier alpha value is -1.46. The lowest BCUT2D eigenvalue weighted by molar-refractivity contribution is 0.125. The van der Waals surface area contributed by atoms with Crippen molar-refractivity contribution in [1.29, 1.82) is 0 Å². The van der Waals surface area contributed by atoms with E-state index in [1.54, 1.807) is 4.90 Å². The van der Waals surface area contributed by atoms with Crippen molar-refractivity contribution in [3.8, 4) is 0 Å². The summed E-state index contributed by atoms with van der Waals surface area (Å²) >= 11 is 0. The first-order valence-electron chi connectivity index (χ1n) is 6.12. The fourth-order valence-corrected chi connectivity index (χ4v) is 1.72. The third kappa shape index (κ3) is 4.09. The minimum atomic E-state index is -0.456. The van der Waals surface area contributed by atoms with Crippen molar-refractivity contribution >= 4 is 12.1 Å². The van der Waals surface area contributed by atoms with Crippen LogP contribution in [0.1, 0.15) is 34.6 Å². The molecule has 0 aromatic rings. The lowest BCUT2D eigenvalue weighted by Gasteiger charge is -2.34. The number of cyclic esters (lactones) is 1. The Morgan fingerprint density at radius 2 is 1.94 bits per heavy atom. The van der Waals surface area contributed by atoms with Crippen molar-refractivity contribution < 1.29 is 14.3 Å². The topological polar surface area (TPSA) is 70.7 Å². The smallest absolute Gasteiger partial charge is 0.410 e. The SMILES string of the molecule is CC(C)(C)NC(=O)NCC(C)(C)N1CCOC1=O. The molecule has 3 amide bonds. The molecule has 1 rings (SSSR count). The molecule has 6 nitrogen and oxygen atoms in total. The normalized spacial score (nSPS) is 16.5. The van der Waals surface area contributed by atoms with Crippen molar-refractivity contribution in [2.45, 2.75) is 45.7 Å². The number of nitrogens with zero attached hydrogens (tertiary/aromatic N) is 1. The van der Waals surface area contributed by atoms with Crippen LogP contribution in [0, 0.1) is 0 Å². The van der Waals surface area contributed by atoms with E-state index < -0.39 is 5.54 Å². The largest absolute Gasteiger partial charge is 0.448 e. The fraction of sp³-hybridized carbons (Fsp3) is 0.833. The van der Waals surface area contributed by atoms with Gasteiger partial charge in [0.1, 0.15) is 6.61 Å². The van der Waals surface area contributed by atoms with Gasteiger partial charge in [0.25, 0.3) is 0 Å². The van der Waals surface area contributed by atoms with Crippen LogP contribution in [-0.4, -0.2) is 47.8 Å². The van der Waals surface area contributed by atoms with Gasteiger partial charge in [0.15, 0.2) is 0 Å². The summed E-state index contributed by atoms with van der Waals surface area (Å²) in [7, 11) is 0. The van der Waals surface area contributed by atoms with Crippen LogP contribution in [0.2, 0.25) is 0 Å². The van der Waals surface area contributed by atoms with Crippen LogP contribution in [0.4, 0.5) is 9.59 Å². The summed E-state index contributed by atoms with van der Waals surface area (Å²) in [5, 5.41) is 5.59. The van der Waals surface area contributed by atoms with Gasteiger partial charge in [0, 0.05) is 12.1 Å². The first kappa shape index (κ1) is 14.6. The molecule has 0 saturated carbocycles. The average molecular weight is 257 g/mol. The molecule has 1 aliphatic heterocycles. The zero-order valence-electron chi connectivity index (χ0n) is 11.8. The van der Waals surface area contributed by atoms with Crippen molar-refractivity contribution in [2.24, 2.45) is 0 Å². The predicted molar refractivity (Wildman–Crippen MR) is 68.4 cm³/mol. The summed E-state index contributed by atoms with van der Waals surface area (Å²) in [5.41, 5.74) is -0.733. The monoisotopic (exact) mass is 257 g/mol. The summed E-state index contributed by atoms with van der Waals surface area (Å²) in [5.74, 6) is 0. The van der Waals surface area contributed by atoms with Crippen molar-refractivity contribution in [2.75, 3.05) is 19.7 Å². The fourth-order valence-electron chi connectivity index (χ4n) is 1.72. The highest BCUT2D eigenvalue weighted by Crippen LogP contribution is 2.18. The third-order valence-electron chi connectivity index (χ3n) is 2.66. The minimum absolute atomic E-state index is 0.233. The van der Waals surface area contributed by atoms with Crippen molar-refractivity contribution in [3.63, 3.8) is 0 Å². The van der Waals surface area contributed by atoms with E-state index in [2.05, 4.69) is 10.6 Å². The van der Waals surface area contributed by atoms with E-state index in [1.165, 1.54) is 0 Å². The van der Waals surface area contributed by atoms with Crippen LogP contribution in [0.15, 0.2) is 0 Å². The van der Waals surface area contributed by atoms with Crippen LogP contribution in [-0.2, 0) is 4.74 Å². The molecule has 0 bridgehead atoms. The second-order valence-electron chi connectivity index (χ2n) is 6.14. The molecule has 0 aromatic carbocycles. The van der Waals surface area contributed by atoms with Gasteiger partial charge in [-0.2, -0.15) is 0 Å². The summed E-state index contributed by atoms with van der Waals surface area (Å²) in [4.78, 5) is 24.7. The van der Waals surface area contributed by atoms with Gasteiger partial charge in [-0.15, -0.1) is 0 Å². The number of ether oxygens (including phenoxy) is 1. The highest BCUT2D eigenvalue weighted by atomic mass is 16.6. The van der Waals surface area contributed by atoms with Gasteiger partial charge in [0.05, 0.1) is 12.1 Å². The number of carbonyl (C=O) groups excluding carboxylic acids is 2. The third-order valence-corrected chi connectivity index (χ3v) is 2.66. The quantitative estimate of drug-likeness (QED) is 0.801. The molecule has 6 heteroatoms. The molecule has 2 N–H and O–H groups in total. The minimum Gasteiger partial charge on any atom is -0.448 e. The molecule has 1 fully saturated rings. The van der Waals surface area contributed by atoms with Crippen LogP contribution in [0.25, 0.3) is 0 Å². The van der Waals surface area contributed by atoms with Gasteiger partial charge in [-0.3, -0.25) is 4.90 Å². The molecule has 0 unspecified atom stereocenters. The van der Waals surface area contributed by atoms with Gasteiger partial charge in [-0.1, -0.05) is 0 Å². The maximum Gasteiger partial charge on any atom is 0.410 e. The molecular formula is C12H23N3O3. The van der Waals surface area contributed by atoms with Gasteiger partial charge in [0.2, 0.25) is 0 Å². The molecule has 0 spiro atoms. The van der Waals surface area contributed by atoms with Crippen molar-refractivity contribution in [3.05, 3.63) is 0 Å². The van der Waals surface area contributed by atoms with Gasteiger partial charge < -0.3 is 15.4 Å². The van der Waals surface area contributed by atoms with E-state index in [9.17, 15) is 9.59 Å². The second-order valence-corrected chi connectivity index (χ2v) is 6.14. The molecule has 18 heavy (non-hydrogen) atoms. The van der Waals surface area contributed by atoms with Crippen molar-refractivity contribution in [1.82, 2.24) is 15.5 Å². The van der Waals surface area contributed by atoms with Crippen LogP contribution < -0.4 is 10.6 Å². The number of urea groups is 1. The molecule has 0 radical (unpaired) electrons. The Morgan fingerprint density at radius 3 is 2.39 bits per heavy atom. The maximum absolute atomic E-state index is 11.6. The molecule has 104 valence electrons. The van der Waals surface area contributed by atoms with Gasteiger partial charge in [-0.05, 0) is 34.6 Å². The van der Waals surface area contributed by atoms with E-state index >= 15 is 0 Å². The molecule has 0 aromatic heterocycles. The van der Waals surface area contributed by atoms with E-state index in [-0.39, 0.29) is 17.7 Å². The highest BCUT2D eigenvalue weighted by Gasteiger charge is 2.36. The van der Waals surface area contributed by atoms with Crippen LogP contribution in [0.3, 0.4) is 0 Å². The first-order valence-corrected chi connectivity index (χ1v) is 6.12. The first-order chi connectivity index (χ1) is 8.12. The Kier molecular flexibility index (Phi) is 4.09. The number of amides is 3. The lowest BCUT2D eigenvalue weighted by atomic mass is 10.0. The molecule has 1 heterocycles. The summed E-state index contributed by atoms with van der Waals surface area (Å²) in [6, 6.07) is -0.233. The summed E-state index contributed by atoms with van der Waals surface area (Å²) < 4.78 is 4.90. The molecular weight excluding hydrogens is 234 g/mol. The molecule has 1 aliphatic rings. The standard InChI is InChI=1S/C12H23N3O3/c1-11(2,3)14-9(16)13-8-12(4,5)15-6-7-18-10(15)17/h6-8H2,1-5H3,(H2,13,14,16). The summed E-state index contributed by atoms with van der Waals surface area (Å²) in [6.45, 7) is 10.9. The van der Waals surface area contributed by atoms with E-state index in [0.717, 1.165) is 0 Å². The lowest BCUT2D eigenvalue weighted by Crippen LogP contribution is -2.55. The maximum atomic E-state index is 11.6. The molecule has 1 saturated heterocycles. The zero-order chi connectivity index (χ0) is 14.0. The van der Waals surface area contributed by atoms with E-state index in [0.29, 0.717) is 19.7 Å². The zero-order valence-corrected chi connectivity index (χ0v) is 11.8. The average Bonchev–Trinajstić information content (AvgIpc) is 2.60. The predicted octanol–water partition coefficient (Wildman–Crippen LogP) is 1.31. The molecule has 0 aliphatic carbocycles. The Morgan fingerprint density at radius 1 is 1.33 bits per heavy atom. The number of carbonyl (C=O) groups is 2. The van der Waals surface area contributed by atoms with Crippen LogP contribution >= 0.6 is 0 Å².